The van der Waals surface area contributed by atoms with Crippen LogP contribution in [0.2, 0.25) is 0 Å². The Morgan fingerprint density at radius 1 is 1.44 bits per heavy atom. The van der Waals surface area contributed by atoms with Gasteiger partial charge in [-0.25, -0.2) is 0 Å². The summed E-state index contributed by atoms with van der Waals surface area (Å²) < 4.78 is 0. The molecule has 1 aromatic rings. The molecule has 2 nitrogen and oxygen atoms in total. The molecule has 2 atom stereocenters. The Hall–Kier alpha value is -0.860. The molecule has 1 aliphatic carbocycles. The van der Waals surface area contributed by atoms with E-state index in [1.165, 1.54) is 19.3 Å². The number of hydrogen-bond donors (Lipinski definition) is 2. The molecular formula is C14H22N2. The minimum atomic E-state index is 0.425. The molecule has 16 heavy (non-hydrogen) atoms. The summed E-state index contributed by atoms with van der Waals surface area (Å²) in [5, 5.41) is 3.52. The number of aryl methyl sites for hydroxylation is 1. The van der Waals surface area contributed by atoms with Crippen LogP contribution in [0, 0.1) is 0 Å². The molecular weight excluding hydrogens is 196 g/mol. The molecule has 0 fully saturated rings. The van der Waals surface area contributed by atoms with Gasteiger partial charge in [0, 0.05) is 19.1 Å². The summed E-state index contributed by atoms with van der Waals surface area (Å²) in [6.07, 6.45) is 3.88. The fraction of sp³-hybridized carbons (Fsp3) is 0.571. The molecule has 0 saturated carbocycles. The Morgan fingerprint density at radius 2 is 2.25 bits per heavy atom. The Bertz CT molecular complexity index is 335. The highest BCUT2D eigenvalue weighted by Crippen LogP contribution is 2.30. The van der Waals surface area contributed by atoms with Gasteiger partial charge in [0.2, 0.25) is 0 Å². The number of nitrogens with two attached hydrogens (primary N) is 1. The molecule has 2 heteroatoms. The fourth-order valence-corrected chi connectivity index (χ4v) is 2.49. The van der Waals surface area contributed by atoms with Crippen LogP contribution in [-0.4, -0.2) is 19.1 Å². The lowest BCUT2D eigenvalue weighted by Crippen LogP contribution is -2.36. The third-order valence-electron chi connectivity index (χ3n) is 3.56. The van der Waals surface area contributed by atoms with Gasteiger partial charge in [-0.1, -0.05) is 24.3 Å². The molecule has 0 heterocycles. The molecule has 0 amide bonds. The number of rotatable bonds is 4. The van der Waals surface area contributed by atoms with E-state index in [-0.39, 0.29) is 0 Å². The molecule has 0 bridgehead atoms. The largest absolute Gasteiger partial charge is 0.329 e. The van der Waals surface area contributed by atoms with Gasteiger partial charge in [0.15, 0.2) is 0 Å². The minimum Gasteiger partial charge on any atom is -0.329 e. The van der Waals surface area contributed by atoms with Gasteiger partial charge in [0.1, 0.15) is 0 Å². The van der Waals surface area contributed by atoms with Gasteiger partial charge in [-0.05, 0) is 43.2 Å². The Kier molecular flexibility index (Phi) is 3.97. The zero-order chi connectivity index (χ0) is 11.4. The van der Waals surface area contributed by atoms with Crippen molar-refractivity contribution < 1.29 is 0 Å². The van der Waals surface area contributed by atoms with E-state index < -0.39 is 0 Å². The maximum absolute atomic E-state index is 5.62. The second-order valence-corrected chi connectivity index (χ2v) is 4.83. The van der Waals surface area contributed by atoms with E-state index in [9.17, 15) is 0 Å². The average Bonchev–Trinajstić information content (AvgIpc) is 2.35. The first-order valence-corrected chi connectivity index (χ1v) is 6.32. The average molecular weight is 218 g/mol. The van der Waals surface area contributed by atoms with Crippen LogP contribution in [0.4, 0.5) is 0 Å². The number of hydrogen-bond acceptors (Lipinski definition) is 2. The normalized spacial score (nSPS) is 21.5. The van der Waals surface area contributed by atoms with Crippen LogP contribution in [0.25, 0.3) is 0 Å². The van der Waals surface area contributed by atoms with Crippen molar-refractivity contribution in [3.8, 4) is 0 Å². The molecule has 3 N–H and O–H groups in total. The molecule has 1 aliphatic rings. The Balaban J connectivity index is 2.01. The third kappa shape index (κ3) is 2.63. The lowest BCUT2D eigenvalue weighted by atomic mass is 9.83. The lowest BCUT2D eigenvalue weighted by Gasteiger charge is -2.26. The van der Waals surface area contributed by atoms with Crippen LogP contribution < -0.4 is 11.1 Å². The first-order chi connectivity index (χ1) is 7.81. The zero-order valence-corrected chi connectivity index (χ0v) is 10.1. The number of benzene rings is 1. The van der Waals surface area contributed by atoms with Crippen molar-refractivity contribution in [3.63, 3.8) is 0 Å². The van der Waals surface area contributed by atoms with Crippen LogP contribution in [0.1, 0.15) is 36.8 Å². The molecule has 0 spiro atoms. The molecule has 0 aromatic heterocycles. The molecule has 1 unspecified atom stereocenters. The summed E-state index contributed by atoms with van der Waals surface area (Å²) >= 11 is 0. The quantitative estimate of drug-likeness (QED) is 0.811. The van der Waals surface area contributed by atoms with Crippen LogP contribution >= 0.6 is 0 Å². The molecule has 0 aliphatic heterocycles. The highest BCUT2D eigenvalue weighted by Gasteiger charge is 2.19. The highest BCUT2D eigenvalue weighted by molar-refractivity contribution is 5.32. The van der Waals surface area contributed by atoms with E-state index in [2.05, 4.69) is 36.5 Å². The van der Waals surface area contributed by atoms with Gasteiger partial charge in [-0.3, -0.25) is 0 Å². The van der Waals surface area contributed by atoms with Gasteiger partial charge < -0.3 is 11.1 Å². The number of fused-ring (bicyclic) bond motifs is 1. The second-order valence-electron chi connectivity index (χ2n) is 4.83. The van der Waals surface area contributed by atoms with Gasteiger partial charge in [0.05, 0.1) is 0 Å². The van der Waals surface area contributed by atoms with Crippen LogP contribution in [0.5, 0.6) is 0 Å². The van der Waals surface area contributed by atoms with E-state index in [4.69, 9.17) is 5.73 Å². The van der Waals surface area contributed by atoms with E-state index >= 15 is 0 Å². The Labute approximate surface area is 98.2 Å². The predicted molar refractivity (Wildman–Crippen MR) is 68.6 cm³/mol. The maximum Gasteiger partial charge on any atom is 0.0162 e. The van der Waals surface area contributed by atoms with E-state index in [1.54, 1.807) is 11.1 Å². The topological polar surface area (TPSA) is 38.0 Å². The van der Waals surface area contributed by atoms with Crippen molar-refractivity contribution >= 4 is 0 Å². The molecule has 88 valence electrons. The summed E-state index contributed by atoms with van der Waals surface area (Å²) in [5.41, 5.74) is 8.71. The zero-order valence-electron chi connectivity index (χ0n) is 10.1. The first kappa shape index (κ1) is 11.6. The van der Waals surface area contributed by atoms with Crippen molar-refractivity contribution in [1.82, 2.24) is 5.32 Å². The first-order valence-electron chi connectivity index (χ1n) is 6.32. The monoisotopic (exact) mass is 218 g/mol. The van der Waals surface area contributed by atoms with E-state index in [0.717, 1.165) is 6.54 Å². The molecule has 2 rings (SSSR count). The standard InChI is InChI=1S/C14H22N2/c1-11(9-15)16-10-13-7-4-6-12-5-2-3-8-14(12)13/h2-3,5,8,11,13,16H,4,6-7,9-10,15H2,1H3/t11-,13?/m1/s1. The van der Waals surface area contributed by atoms with Crippen molar-refractivity contribution in [2.24, 2.45) is 5.73 Å². The Morgan fingerprint density at radius 3 is 3.06 bits per heavy atom. The maximum atomic E-state index is 5.62. The van der Waals surface area contributed by atoms with Crippen LogP contribution in [-0.2, 0) is 6.42 Å². The van der Waals surface area contributed by atoms with Crippen molar-refractivity contribution in [3.05, 3.63) is 35.4 Å². The van der Waals surface area contributed by atoms with Crippen LogP contribution in [0.15, 0.2) is 24.3 Å². The minimum absolute atomic E-state index is 0.425. The summed E-state index contributed by atoms with van der Waals surface area (Å²) in [5.74, 6) is 0.680. The third-order valence-corrected chi connectivity index (χ3v) is 3.56. The van der Waals surface area contributed by atoms with Crippen molar-refractivity contribution in [2.75, 3.05) is 13.1 Å². The van der Waals surface area contributed by atoms with Gasteiger partial charge in [0.25, 0.3) is 0 Å². The van der Waals surface area contributed by atoms with Crippen LogP contribution in [0.3, 0.4) is 0 Å². The van der Waals surface area contributed by atoms with Crippen molar-refractivity contribution in [2.45, 2.75) is 38.1 Å². The predicted octanol–water partition coefficient (Wildman–Crippen LogP) is 2.04. The van der Waals surface area contributed by atoms with Gasteiger partial charge >= 0.3 is 0 Å². The smallest absolute Gasteiger partial charge is 0.0162 e. The van der Waals surface area contributed by atoms with E-state index in [0.29, 0.717) is 18.5 Å². The summed E-state index contributed by atoms with van der Waals surface area (Å²) in [6.45, 7) is 3.93. The summed E-state index contributed by atoms with van der Waals surface area (Å²) in [7, 11) is 0. The van der Waals surface area contributed by atoms with E-state index in [1.807, 2.05) is 0 Å². The SMILES string of the molecule is C[C@H](CN)NCC1CCCc2ccccc21. The number of nitrogens with one attached hydrogen (secondary N) is 1. The molecule has 0 radical (unpaired) electrons. The second kappa shape index (κ2) is 5.46. The summed E-state index contributed by atoms with van der Waals surface area (Å²) in [6, 6.07) is 9.29. The lowest BCUT2D eigenvalue weighted by molar-refractivity contribution is 0.468. The fourth-order valence-electron chi connectivity index (χ4n) is 2.49. The van der Waals surface area contributed by atoms with Gasteiger partial charge in [-0.15, -0.1) is 0 Å². The van der Waals surface area contributed by atoms with Crippen molar-refractivity contribution in [1.29, 1.82) is 0 Å². The summed E-state index contributed by atoms with van der Waals surface area (Å²) in [4.78, 5) is 0. The molecule has 0 saturated heterocycles. The van der Waals surface area contributed by atoms with Gasteiger partial charge in [-0.2, -0.15) is 0 Å². The highest BCUT2D eigenvalue weighted by atomic mass is 14.9. The molecule has 1 aromatic carbocycles.